The molecule has 2 heterocycles. The highest BCUT2D eigenvalue weighted by molar-refractivity contribution is 6.30. The summed E-state index contributed by atoms with van der Waals surface area (Å²) >= 11 is 6.02. The zero-order valence-electron chi connectivity index (χ0n) is 16.3. The second-order valence-electron chi connectivity index (χ2n) is 7.56. The van der Waals surface area contributed by atoms with Gasteiger partial charge in [-0.2, -0.15) is 0 Å². The molecule has 1 aromatic heterocycles. The van der Waals surface area contributed by atoms with E-state index in [0.717, 1.165) is 54.1 Å². The fourth-order valence-corrected chi connectivity index (χ4v) is 4.25. The van der Waals surface area contributed by atoms with Gasteiger partial charge in [-0.3, -0.25) is 4.90 Å². The van der Waals surface area contributed by atoms with Crippen LogP contribution in [0.3, 0.4) is 0 Å². The van der Waals surface area contributed by atoms with Gasteiger partial charge in [-0.25, -0.2) is 0 Å². The summed E-state index contributed by atoms with van der Waals surface area (Å²) in [5.74, 6) is 1.59. The Hall–Kier alpha value is -2.75. The predicted octanol–water partition coefficient (Wildman–Crippen LogP) is 6.32. The Morgan fingerprint density at radius 1 is 1.00 bits per heavy atom. The molecule has 1 aliphatic heterocycles. The zero-order valence-corrected chi connectivity index (χ0v) is 17.1. The molecular formula is C25H22ClNO2. The molecule has 1 aliphatic rings. The molecule has 146 valence electrons. The number of fused-ring (bicyclic) bond motifs is 2. The van der Waals surface area contributed by atoms with E-state index in [1.54, 1.807) is 7.11 Å². The molecule has 0 radical (unpaired) electrons. The third kappa shape index (κ3) is 3.64. The van der Waals surface area contributed by atoms with Gasteiger partial charge in [0.1, 0.15) is 5.76 Å². The monoisotopic (exact) mass is 403 g/mol. The maximum atomic E-state index is 6.13. The smallest absolute Gasteiger partial charge is 0.176 e. The van der Waals surface area contributed by atoms with Crippen molar-refractivity contribution in [2.75, 3.05) is 13.7 Å². The van der Waals surface area contributed by atoms with E-state index in [2.05, 4.69) is 47.4 Å². The number of furan rings is 1. The van der Waals surface area contributed by atoms with E-state index in [0.29, 0.717) is 5.02 Å². The van der Waals surface area contributed by atoms with Crippen molar-refractivity contribution in [1.82, 2.24) is 4.90 Å². The lowest BCUT2D eigenvalue weighted by molar-refractivity contribution is 0.245. The molecule has 0 spiro atoms. The molecule has 3 nitrogen and oxygen atoms in total. The van der Waals surface area contributed by atoms with Crippen LogP contribution in [0.4, 0.5) is 0 Å². The Bertz CT molecular complexity index is 1160. The van der Waals surface area contributed by atoms with Gasteiger partial charge in [-0.15, -0.1) is 0 Å². The Morgan fingerprint density at radius 3 is 2.59 bits per heavy atom. The summed E-state index contributed by atoms with van der Waals surface area (Å²) in [7, 11) is 1.69. The highest BCUT2D eigenvalue weighted by Crippen LogP contribution is 2.35. The first-order chi connectivity index (χ1) is 14.2. The SMILES string of the molecule is COc1cc(CN2CCc3ccccc3C2)cc2cc(-c3ccc(Cl)cc3)oc12. The van der Waals surface area contributed by atoms with Crippen LogP contribution in [0.5, 0.6) is 5.75 Å². The van der Waals surface area contributed by atoms with Crippen molar-refractivity contribution in [1.29, 1.82) is 0 Å². The van der Waals surface area contributed by atoms with Gasteiger partial charge >= 0.3 is 0 Å². The van der Waals surface area contributed by atoms with E-state index in [1.807, 2.05) is 24.3 Å². The fraction of sp³-hybridized carbons (Fsp3) is 0.200. The van der Waals surface area contributed by atoms with Gasteiger partial charge in [0, 0.05) is 35.6 Å². The predicted molar refractivity (Wildman–Crippen MR) is 117 cm³/mol. The minimum Gasteiger partial charge on any atom is -0.493 e. The number of ether oxygens (including phenoxy) is 1. The van der Waals surface area contributed by atoms with E-state index >= 15 is 0 Å². The molecule has 29 heavy (non-hydrogen) atoms. The van der Waals surface area contributed by atoms with Crippen molar-refractivity contribution in [3.05, 3.63) is 88.4 Å². The molecule has 0 fully saturated rings. The first-order valence-corrected chi connectivity index (χ1v) is 10.2. The van der Waals surface area contributed by atoms with Crippen LogP contribution in [0.2, 0.25) is 5.02 Å². The summed E-state index contributed by atoms with van der Waals surface area (Å²) in [4.78, 5) is 2.49. The van der Waals surface area contributed by atoms with Gasteiger partial charge in [0.2, 0.25) is 0 Å². The van der Waals surface area contributed by atoms with Crippen LogP contribution in [-0.2, 0) is 19.5 Å². The summed E-state index contributed by atoms with van der Waals surface area (Å²) in [5, 5.41) is 1.77. The molecule has 4 heteroatoms. The molecule has 0 unspecified atom stereocenters. The van der Waals surface area contributed by atoms with Crippen molar-refractivity contribution in [2.24, 2.45) is 0 Å². The highest BCUT2D eigenvalue weighted by Gasteiger charge is 2.18. The average molecular weight is 404 g/mol. The fourth-order valence-electron chi connectivity index (χ4n) is 4.13. The lowest BCUT2D eigenvalue weighted by Crippen LogP contribution is -2.29. The highest BCUT2D eigenvalue weighted by atomic mass is 35.5. The van der Waals surface area contributed by atoms with Crippen molar-refractivity contribution in [2.45, 2.75) is 19.5 Å². The third-order valence-electron chi connectivity index (χ3n) is 5.61. The van der Waals surface area contributed by atoms with Crippen molar-refractivity contribution >= 4 is 22.6 Å². The van der Waals surface area contributed by atoms with Crippen molar-refractivity contribution < 1.29 is 9.15 Å². The van der Waals surface area contributed by atoms with Crippen LogP contribution in [0.15, 0.2) is 71.1 Å². The molecule has 0 saturated heterocycles. The molecule has 0 amide bonds. The van der Waals surface area contributed by atoms with Gasteiger partial charge in [-0.1, -0.05) is 35.9 Å². The molecule has 3 aromatic carbocycles. The van der Waals surface area contributed by atoms with E-state index in [9.17, 15) is 0 Å². The van der Waals surface area contributed by atoms with Gasteiger partial charge in [0.05, 0.1) is 7.11 Å². The molecule has 0 atom stereocenters. The van der Waals surface area contributed by atoms with Gasteiger partial charge in [-0.05, 0) is 65.6 Å². The Morgan fingerprint density at radius 2 is 1.79 bits per heavy atom. The summed E-state index contributed by atoms with van der Waals surface area (Å²) < 4.78 is 11.8. The van der Waals surface area contributed by atoms with Crippen LogP contribution in [0.25, 0.3) is 22.3 Å². The Kier molecular flexibility index (Phi) is 4.78. The molecular weight excluding hydrogens is 382 g/mol. The van der Waals surface area contributed by atoms with Crippen LogP contribution in [0, 0.1) is 0 Å². The maximum Gasteiger partial charge on any atom is 0.176 e. The van der Waals surface area contributed by atoms with Crippen LogP contribution in [0.1, 0.15) is 16.7 Å². The number of nitrogens with zero attached hydrogens (tertiary/aromatic N) is 1. The quantitative estimate of drug-likeness (QED) is 0.398. The van der Waals surface area contributed by atoms with Gasteiger partial charge in [0.25, 0.3) is 0 Å². The summed E-state index contributed by atoms with van der Waals surface area (Å²) in [6.07, 6.45) is 1.10. The standard InChI is InChI=1S/C25H22ClNO2/c1-28-24-13-17(15-27-11-10-18-4-2-3-5-20(18)16-27)12-21-14-23(29-25(21)24)19-6-8-22(26)9-7-19/h2-9,12-14H,10-11,15-16H2,1H3. The van der Waals surface area contributed by atoms with E-state index in [-0.39, 0.29) is 0 Å². The number of rotatable bonds is 4. The van der Waals surface area contributed by atoms with Crippen LogP contribution >= 0.6 is 11.6 Å². The van der Waals surface area contributed by atoms with Crippen molar-refractivity contribution in [3.8, 4) is 17.1 Å². The minimum absolute atomic E-state index is 0.716. The van der Waals surface area contributed by atoms with E-state index in [1.165, 1.54) is 16.7 Å². The molecule has 4 aromatic rings. The number of benzene rings is 3. The number of halogens is 1. The normalized spacial score (nSPS) is 14.1. The first kappa shape index (κ1) is 18.3. The first-order valence-electron chi connectivity index (χ1n) is 9.85. The molecule has 0 saturated carbocycles. The van der Waals surface area contributed by atoms with Crippen molar-refractivity contribution in [3.63, 3.8) is 0 Å². The third-order valence-corrected chi connectivity index (χ3v) is 5.86. The number of hydrogen-bond donors (Lipinski definition) is 0. The number of hydrogen-bond acceptors (Lipinski definition) is 3. The van der Waals surface area contributed by atoms with Gasteiger partial charge in [0.15, 0.2) is 11.3 Å². The van der Waals surface area contributed by atoms with Crippen LogP contribution in [-0.4, -0.2) is 18.6 Å². The topological polar surface area (TPSA) is 25.6 Å². The zero-order chi connectivity index (χ0) is 19.8. The summed E-state index contributed by atoms with van der Waals surface area (Å²) in [5.41, 5.74) is 5.92. The number of methoxy groups -OCH3 is 1. The lowest BCUT2D eigenvalue weighted by Gasteiger charge is -2.28. The molecule has 0 N–H and O–H groups in total. The summed E-state index contributed by atoms with van der Waals surface area (Å²) in [6, 6.07) is 22.8. The Balaban J connectivity index is 1.45. The lowest BCUT2D eigenvalue weighted by atomic mass is 9.99. The van der Waals surface area contributed by atoms with E-state index < -0.39 is 0 Å². The van der Waals surface area contributed by atoms with Crippen LogP contribution < -0.4 is 4.74 Å². The maximum absolute atomic E-state index is 6.13. The Labute approximate surface area is 175 Å². The second-order valence-corrected chi connectivity index (χ2v) is 8.00. The molecule has 0 aliphatic carbocycles. The molecule has 0 bridgehead atoms. The van der Waals surface area contributed by atoms with Gasteiger partial charge < -0.3 is 9.15 Å². The molecule has 5 rings (SSSR count). The summed E-state index contributed by atoms with van der Waals surface area (Å²) in [6.45, 7) is 2.94. The second kappa shape index (κ2) is 7.58. The average Bonchev–Trinajstić information content (AvgIpc) is 3.17. The largest absolute Gasteiger partial charge is 0.493 e. The van der Waals surface area contributed by atoms with E-state index in [4.69, 9.17) is 20.8 Å². The minimum atomic E-state index is 0.716.